The number of rotatable bonds is 39. The standard InChI is InChI=1S/C72H109F4N11O13/c1-17-42(8)64(85(14)70(95)62(40(4)5)83-69(94)63(41(6)7)84(12)13)54(98-15)36-56(91)87-31-19-22-51(87)65(99-16)44(10)52(88)35-49(37-77)67(92)80-38-46-24-26-50(27-25-46)81-68(93)47(21-18-29-79-72(78)97)34-53(89)61(39(2)3)82-55(90)23-20-30-86-32-28-48(33-43(86)9)71(96)100-66-59(75)57(73)45(11)58(74)60(66)76/h24-27,39-44,47-49,51,54,61-65H,17-23,28-36,38H2,1-16H3,(H,80,92)(H,81,93)(H,82,90)(H,83,94)(H3,78,79,97)/t42-,43?,44-,47+,48?,49-,51-,54+,61-,62-,63-,64-,65+/m0/s1. The highest BCUT2D eigenvalue weighted by Gasteiger charge is 2.44. The molecule has 2 heterocycles. The summed E-state index contributed by atoms with van der Waals surface area (Å²) in [5.41, 5.74) is 5.30. The van der Waals surface area contributed by atoms with Gasteiger partial charge in [0.1, 0.15) is 17.7 Å². The van der Waals surface area contributed by atoms with E-state index in [9.17, 15) is 70.8 Å². The van der Waals surface area contributed by atoms with E-state index in [1.54, 1.807) is 61.9 Å². The van der Waals surface area contributed by atoms with Crippen molar-refractivity contribution < 1.29 is 79.7 Å². The summed E-state index contributed by atoms with van der Waals surface area (Å²) in [7, 11) is 8.26. The topological polar surface area (TPSA) is 321 Å². The smallest absolute Gasteiger partial charge is 0.314 e. The summed E-state index contributed by atoms with van der Waals surface area (Å²) < 4.78 is 74.0. The number of primary amides is 1. The maximum Gasteiger partial charge on any atom is 0.314 e. The van der Waals surface area contributed by atoms with Gasteiger partial charge in [-0.2, -0.15) is 14.0 Å². The van der Waals surface area contributed by atoms with E-state index >= 15 is 0 Å². The first-order valence-corrected chi connectivity index (χ1v) is 34.9. The largest absolute Gasteiger partial charge is 0.420 e. The minimum atomic E-state index is -1.80. The molecule has 558 valence electrons. The number of nitriles is 1. The molecule has 4 rings (SSSR count). The van der Waals surface area contributed by atoms with Gasteiger partial charge in [-0.3, -0.25) is 48.1 Å². The summed E-state index contributed by atoms with van der Waals surface area (Å²) >= 11 is 0. The first-order valence-electron chi connectivity index (χ1n) is 34.9. The number of amides is 8. The van der Waals surface area contributed by atoms with Gasteiger partial charge >= 0.3 is 12.0 Å². The lowest BCUT2D eigenvalue weighted by molar-refractivity contribution is -0.148. The Morgan fingerprint density at radius 3 is 1.92 bits per heavy atom. The molecule has 2 aromatic rings. The highest BCUT2D eigenvalue weighted by atomic mass is 19.2. The number of Topliss-reactive ketones (excluding diaryl/α,β-unsaturated/α-hetero) is 2. The quantitative estimate of drug-likeness (QED) is 0.0124. The molecule has 0 saturated carbocycles. The predicted octanol–water partition coefficient (Wildman–Crippen LogP) is 7.50. The van der Waals surface area contributed by atoms with Crippen LogP contribution in [-0.4, -0.2) is 189 Å². The lowest BCUT2D eigenvalue weighted by Gasteiger charge is -2.41. The first-order chi connectivity index (χ1) is 47.0. The van der Waals surface area contributed by atoms with Crippen molar-refractivity contribution in [3.05, 3.63) is 58.7 Å². The van der Waals surface area contributed by atoms with Crippen LogP contribution in [-0.2, 0) is 59.2 Å². The van der Waals surface area contributed by atoms with Gasteiger partial charge in [-0.1, -0.05) is 80.9 Å². The molecule has 2 aliphatic heterocycles. The fraction of sp³-hybridized carbons (Fsp3) is 0.681. The second-order valence-electron chi connectivity index (χ2n) is 28.2. The second kappa shape index (κ2) is 40.1. The van der Waals surface area contributed by atoms with E-state index in [0.717, 1.165) is 6.92 Å². The predicted molar refractivity (Wildman–Crippen MR) is 367 cm³/mol. The molecule has 2 aromatic carbocycles. The zero-order valence-corrected chi connectivity index (χ0v) is 61.2. The maximum atomic E-state index is 14.5. The van der Waals surface area contributed by atoms with Crippen LogP contribution in [0, 0.1) is 88.9 Å². The van der Waals surface area contributed by atoms with Crippen LogP contribution in [0.1, 0.15) is 157 Å². The van der Waals surface area contributed by atoms with Gasteiger partial charge in [0.25, 0.3) is 0 Å². The number of hydrogen-bond acceptors (Lipinski definition) is 16. The summed E-state index contributed by atoms with van der Waals surface area (Å²) in [6.45, 7) is 20.6. The van der Waals surface area contributed by atoms with E-state index < -0.39 is 148 Å². The number of halogens is 4. The molecule has 0 bridgehead atoms. The average molecular weight is 1410 g/mol. The molecule has 0 radical (unpaired) electrons. The zero-order valence-electron chi connectivity index (χ0n) is 61.2. The number of esters is 1. The number of hydrogen-bond donors (Lipinski definition) is 6. The number of nitrogens with two attached hydrogens (primary N) is 1. The highest BCUT2D eigenvalue weighted by Crippen LogP contribution is 2.34. The number of carbonyl (C=O) groups is 10. The Kier molecular flexibility index (Phi) is 34.0. The number of methoxy groups -OCH3 is 2. The van der Waals surface area contributed by atoms with Crippen molar-refractivity contribution in [3.63, 3.8) is 0 Å². The minimum Gasteiger partial charge on any atom is -0.420 e. The number of nitrogens with zero attached hydrogens (tertiary/aromatic N) is 5. The van der Waals surface area contributed by atoms with Crippen LogP contribution in [0.2, 0.25) is 0 Å². The Morgan fingerprint density at radius 1 is 0.750 bits per heavy atom. The number of benzene rings is 2. The molecule has 0 spiro atoms. The fourth-order valence-corrected chi connectivity index (χ4v) is 13.6. The average Bonchev–Trinajstić information content (AvgIpc) is 1.14. The van der Waals surface area contributed by atoms with Gasteiger partial charge in [-0.15, -0.1) is 0 Å². The van der Waals surface area contributed by atoms with E-state index in [-0.39, 0.29) is 105 Å². The van der Waals surface area contributed by atoms with Crippen molar-refractivity contribution in [1.29, 1.82) is 5.26 Å². The van der Waals surface area contributed by atoms with E-state index in [1.165, 1.54) is 14.2 Å². The lowest BCUT2D eigenvalue weighted by atomic mass is 9.87. The Balaban J connectivity index is 1.33. The molecule has 2 unspecified atom stereocenters. The molecule has 2 aliphatic rings. The molecule has 100 heavy (non-hydrogen) atoms. The monoisotopic (exact) mass is 1410 g/mol. The van der Waals surface area contributed by atoms with Crippen LogP contribution in [0.5, 0.6) is 5.75 Å². The van der Waals surface area contributed by atoms with E-state index in [4.69, 9.17) is 19.9 Å². The van der Waals surface area contributed by atoms with Gasteiger partial charge in [-0.05, 0) is 127 Å². The van der Waals surface area contributed by atoms with E-state index in [2.05, 4.69) is 26.6 Å². The number of likely N-dealkylation sites (tertiary alicyclic amines) is 2. The molecular weight excluding hydrogens is 1300 g/mol. The van der Waals surface area contributed by atoms with Gasteiger partial charge in [0.15, 0.2) is 17.4 Å². The molecule has 28 heteroatoms. The van der Waals surface area contributed by atoms with Crippen LogP contribution in [0.25, 0.3) is 0 Å². The number of nitrogens with one attached hydrogen (secondary N) is 5. The highest BCUT2D eigenvalue weighted by molar-refractivity contribution is 5.97. The normalized spacial score (nSPS) is 18.7. The van der Waals surface area contributed by atoms with Crippen LogP contribution in [0.15, 0.2) is 24.3 Å². The molecule has 24 nitrogen and oxygen atoms in total. The number of likely N-dealkylation sites (N-methyl/N-ethyl adjacent to an activating group) is 2. The Hall–Kier alpha value is -7.61. The number of urea groups is 1. The third kappa shape index (κ3) is 23.5. The molecule has 2 fully saturated rings. The van der Waals surface area contributed by atoms with Crippen LogP contribution < -0.4 is 37.1 Å². The summed E-state index contributed by atoms with van der Waals surface area (Å²) in [5.74, 6) is -17.4. The van der Waals surface area contributed by atoms with Crippen molar-refractivity contribution in [2.24, 2.45) is 53.1 Å². The van der Waals surface area contributed by atoms with E-state index in [1.807, 2.05) is 78.4 Å². The number of carbonyl (C=O) groups excluding carboxylic acids is 10. The van der Waals surface area contributed by atoms with Gasteiger partial charge < -0.3 is 61.2 Å². The molecule has 0 aromatic heterocycles. The van der Waals surface area contributed by atoms with Crippen molar-refractivity contribution in [3.8, 4) is 11.8 Å². The van der Waals surface area contributed by atoms with Crippen LogP contribution in [0.4, 0.5) is 28.0 Å². The van der Waals surface area contributed by atoms with Crippen molar-refractivity contribution >= 4 is 64.7 Å². The van der Waals surface area contributed by atoms with Crippen molar-refractivity contribution in [2.75, 3.05) is 66.9 Å². The Bertz CT molecular complexity index is 3150. The summed E-state index contributed by atoms with van der Waals surface area (Å²) in [4.78, 5) is 143. The number of piperidine rings is 1. The Morgan fingerprint density at radius 2 is 1.38 bits per heavy atom. The van der Waals surface area contributed by atoms with Gasteiger partial charge in [0.2, 0.25) is 52.8 Å². The molecule has 7 N–H and O–H groups in total. The number of anilines is 1. The molecular formula is C72H109F4N11O13. The van der Waals surface area contributed by atoms with E-state index in [0.29, 0.717) is 56.6 Å². The fourth-order valence-electron chi connectivity index (χ4n) is 13.6. The SMILES string of the molecule is CC[C@H](C)[C@@H]([C@@H](CC(=O)N1CCC[C@H]1[C@H](OC)[C@@H](C)C(=O)C[C@@H](C#N)C(=O)NCc1ccc(NC(=O)[C@H](CCCNC(N)=O)CC(=O)[C@@H](NC(=O)CCCN2CCC(C(=O)Oc3c(F)c(F)c(C)c(F)c3F)CC2C)C(C)C)cc1)OC)N(C)C(=O)[C@@H](NC(=O)[C@H](C(C)C)N(C)C)C(C)C. The maximum absolute atomic E-state index is 14.5. The molecule has 8 amide bonds. The molecule has 13 atom stereocenters. The third-order valence-electron chi connectivity index (χ3n) is 19.6. The first kappa shape index (κ1) is 84.8. The number of ketones is 2. The van der Waals surface area contributed by atoms with Crippen molar-refractivity contribution in [2.45, 2.75) is 208 Å². The molecule has 2 saturated heterocycles. The van der Waals surface area contributed by atoms with Gasteiger partial charge in [-0.25, -0.2) is 13.6 Å². The van der Waals surface area contributed by atoms with Crippen LogP contribution in [0.3, 0.4) is 0 Å². The third-order valence-corrected chi connectivity index (χ3v) is 19.6. The number of ether oxygens (including phenoxy) is 3. The minimum absolute atomic E-state index is 0.0157. The lowest BCUT2D eigenvalue weighted by Crippen LogP contribution is -2.59. The van der Waals surface area contributed by atoms with Crippen LogP contribution >= 0.6 is 0 Å². The van der Waals surface area contributed by atoms with Crippen molar-refractivity contribution in [1.82, 2.24) is 40.9 Å². The summed E-state index contributed by atoms with van der Waals surface area (Å²) in [6.07, 6.45) is 0.637. The summed E-state index contributed by atoms with van der Waals surface area (Å²) in [6, 6.07) is 3.99. The Labute approximate surface area is 587 Å². The van der Waals surface area contributed by atoms with Gasteiger partial charge in [0, 0.05) is 89.3 Å². The molecule has 0 aliphatic carbocycles. The second-order valence-corrected chi connectivity index (χ2v) is 28.2. The zero-order chi connectivity index (χ0) is 75.2. The summed E-state index contributed by atoms with van der Waals surface area (Å²) in [5, 5.41) is 24.1. The van der Waals surface area contributed by atoms with Gasteiger partial charge in [0.05, 0.1) is 54.8 Å².